The molecule has 1 aliphatic heterocycles. The Bertz CT molecular complexity index is 456. The Morgan fingerprint density at radius 3 is 2.70 bits per heavy atom. The van der Waals surface area contributed by atoms with Crippen LogP contribution in [0.5, 0.6) is 0 Å². The van der Waals surface area contributed by atoms with Gasteiger partial charge >= 0.3 is 0 Å². The van der Waals surface area contributed by atoms with Crippen LogP contribution in [-0.2, 0) is 4.79 Å². The lowest BCUT2D eigenvalue weighted by molar-refractivity contribution is -0.131. The van der Waals surface area contributed by atoms with Crippen molar-refractivity contribution < 1.29 is 9.59 Å². The van der Waals surface area contributed by atoms with E-state index in [4.69, 9.17) is 5.73 Å². The number of amides is 2. The summed E-state index contributed by atoms with van der Waals surface area (Å²) in [6, 6.07) is 5.09. The molecule has 1 aromatic heterocycles. The molecule has 0 atom stereocenters. The Morgan fingerprint density at radius 2 is 2.10 bits per heavy atom. The highest BCUT2D eigenvalue weighted by molar-refractivity contribution is 5.94. The number of carbonyl (C=O) groups is 2. The maximum Gasteiger partial charge on any atom is 0.270 e. The van der Waals surface area contributed by atoms with E-state index in [1.54, 1.807) is 29.3 Å². The van der Waals surface area contributed by atoms with Crippen molar-refractivity contribution >= 4 is 11.8 Å². The number of nitrogens with two attached hydrogens (primary N) is 1. The van der Waals surface area contributed by atoms with E-state index < -0.39 is 0 Å². The average Bonchev–Trinajstić information content (AvgIpc) is 2.53. The highest BCUT2D eigenvalue weighted by atomic mass is 16.2. The molecule has 0 aliphatic carbocycles. The molecule has 0 bridgehead atoms. The molecule has 6 heteroatoms. The summed E-state index contributed by atoms with van der Waals surface area (Å²) in [5.41, 5.74) is 5.94. The van der Waals surface area contributed by atoms with Crippen LogP contribution in [0.2, 0.25) is 0 Å². The van der Waals surface area contributed by atoms with Gasteiger partial charge in [0.25, 0.3) is 5.91 Å². The number of carbonyl (C=O) groups excluding carboxylic acids is 2. The predicted octanol–water partition coefficient (Wildman–Crippen LogP) is 0.00870. The first kappa shape index (κ1) is 14.5. The van der Waals surface area contributed by atoms with Crippen LogP contribution in [0.1, 0.15) is 23.3 Å². The summed E-state index contributed by atoms with van der Waals surface area (Å²) in [5.74, 6) is 0.141. The van der Waals surface area contributed by atoms with Gasteiger partial charge in [0.2, 0.25) is 5.91 Å². The Morgan fingerprint density at radius 1 is 1.35 bits per heavy atom. The number of hydrogen-bond donors (Lipinski definition) is 2. The number of rotatable bonds is 4. The van der Waals surface area contributed by atoms with E-state index >= 15 is 0 Å². The lowest BCUT2D eigenvalue weighted by atomic mass is 9.97. The summed E-state index contributed by atoms with van der Waals surface area (Å²) in [6.07, 6.45) is 3.43. The van der Waals surface area contributed by atoms with E-state index in [1.807, 2.05) is 0 Å². The second-order valence-electron chi connectivity index (χ2n) is 4.96. The lowest BCUT2D eigenvalue weighted by Crippen LogP contribution is -2.45. The third-order valence-electron chi connectivity index (χ3n) is 3.60. The molecule has 3 N–H and O–H groups in total. The molecule has 108 valence electrons. The van der Waals surface area contributed by atoms with E-state index in [1.165, 1.54) is 0 Å². The zero-order chi connectivity index (χ0) is 14.4. The number of piperidine rings is 1. The van der Waals surface area contributed by atoms with Gasteiger partial charge in [0.1, 0.15) is 5.69 Å². The SMILES string of the molecule is NCC1CCN(C(=O)CNC(=O)c2ccccn2)CC1. The van der Waals surface area contributed by atoms with Crippen LogP contribution in [0.15, 0.2) is 24.4 Å². The number of likely N-dealkylation sites (tertiary alicyclic amines) is 1. The van der Waals surface area contributed by atoms with Gasteiger partial charge in [0, 0.05) is 19.3 Å². The Labute approximate surface area is 118 Å². The monoisotopic (exact) mass is 276 g/mol. The van der Waals surface area contributed by atoms with Crippen LogP contribution < -0.4 is 11.1 Å². The van der Waals surface area contributed by atoms with Crippen LogP contribution in [0.4, 0.5) is 0 Å². The summed E-state index contributed by atoms with van der Waals surface area (Å²) < 4.78 is 0. The smallest absolute Gasteiger partial charge is 0.270 e. The van der Waals surface area contributed by atoms with Gasteiger partial charge in [-0.25, -0.2) is 0 Å². The first-order valence-corrected chi connectivity index (χ1v) is 6.87. The zero-order valence-corrected chi connectivity index (χ0v) is 11.4. The normalized spacial score (nSPS) is 15.9. The van der Waals surface area contributed by atoms with Crippen LogP contribution in [0.3, 0.4) is 0 Å². The predicted molar refractivity (Wildman–Crippen MR) is 74.9 cm³/mol. The fraction of sp³-hybridized carbons (Fsp3) is 0.500. The maximum absolute atomic E-state index is 12.0. The number of pyridine rings is 1. The van der Waals surface area contributed by atoms with Crippen molar-refractivity contribution in [3.8, 4) is 0 Å². The van der Waals surface area contributed by atoms with Gasteiger partial charge in [-0.2, -0.15) is 0 Å². The first-order chi connectivity index (χ1) is 9.70. The fourth-order valence-electron chi connectivity index (χ4n) is 2.27. The second-order valence-corrected chi connectivity index (χ2v) is 4.96. The van der Waals surface area contributed by atoms with E-state index in [-0.39, 0.29) is 18.4 Å². The summed E-state index contributed by atoms with van der Waals surface area (Å²) in [7, 11) is 0. The van der Waals surface area contributed by atoms with Gasteiger partial charge in [-0.3, -0.25) is 14.6 Å². The fourth-order valence-corrected chi connectivity index (χ4v) is 2.27. The van der Waals surface area contributed by atoms with Crippen molar-refractivity contribution in [1.29, 1.82) is 0 Å². The maximum atomic E-state index is 12.0. The van der Waals surface area contributed by atoms with Crippen LogP contribution in [0, 0.1) is 5.92 Å². The van der Waals surface area contributed by atoms with Gasteiger partial charge in [0.15, 0.2) is 0 Å². The molecule has 0 radical (unpaired) electrons. The number of nitrogens with one attached hydrogen (secondary N) is 1. The molecular weight excluding hydrogens is 256 g/mol. The molecule has 1 saturated heterocycles. The van der Waals surface area contributed by atoms with Crippen molar-refractivity contribution in [2.45, 2.75) is 12.8 Å². The van der Waals surface area contributed by atoms with E-state index in [2.05, 4.69) is 10.3 Å². The first-order valence-electron chi connectivity index (χ1n) is 6.87. The second kappa shape index (κ2) is 7.00. The van der Waals surface area contributed by atoms with Crippen LogP contribution >= 0.6 is 0 Å². The van der Waals surface area contributed by atoms with E-state index in [0.29, 0.717) is 18.2 Å². The van der Waals surface area contributed by atoms with Crippen molar-refractivity contribution in [3.05, 3.63) is 30.1 Å². The van der Waals surface area contributed by atoms with Crippen LogP contribution in [-0.4, -0.2) is 47.9 Å². The van der Waals surface area contributed by atoms with Gasteiger partial charge in [0.05, 0.1) is 6.54 Å². The Hall–Kier alpha value is -1.95. The molecule has 0 spiro atoms. The zero-order valence-electron chi connectivity index (χ0n) is 11.4. The van der Waals surface area contributed by atoms with Crippen LogP contribution in [0.25, 0.3) is 0 Å². The molecule has 1 aliphatic rings. The summed E-state index contributed by atoms with van der Waals surface area (Å²) >= 11 is 0. The molecule has 0 aromatic carbocycles. The molecule has 0 saturated carbocycles. The standard InChI is InChI=1S/C14H20N4O2/c15-9-11-4-7-18(8-5-11)13(19)10-17-14(20)12-3-1-2-6-16-12/h1-3,6,11H,4-5,7-10,15H2,(H,17,20). The third-order valence-corrected chi connectivity index (χ3v) is 3.60. The highest BCUT2D eigenvalue weighted by Gasteiger charge is 2.22. The molecule has 2 amide bonds. The molecule has 2 rings (SSSR count). The van der Waals surface area contributed by atoms with Crippen molar-refractivity contribution in [2.24, 2.45) is 11.7 Å². The van der Waals surface area contributed by atoms with E-state index in [0.717, 1.165) is 25.9 Å². The number of hydrogen-bond acceptors (Lipinski definition) is 4. The minimum atomic E-state index is -0.323. The van der Waals surface area contributed by atoms with Gasteiger partial charge in [-0.1, -0.05) is 6.07 Å². The Kier molecular flexibility index (Phi) is 5.06. The number of nitrogens with zero attached hydrogens (tertiary/aromatic N) is 2. The quantitative estimate of drug-likeness (QED) is 0.810. The lowest BCUT2D eigenvalue weighted by Gasteiger charge is -2.31. The Balaban J connectivity index is 1.77. The minimum absolute atomic E-state index is 0.0166. The van der Waals surface area contributed by atoms with E-state index in [9.17, 15) is 9.59 Å². The molecule has 0 unspecified atom stereocenters. The van der Waals surface area contributed by atoms with Gasteiger partial charge < -0.3 is 16.0 Å². The molecule has 2 heterocycles. The summed E-state index contributed by atoms with van der Waals surface area (Å²) in [5, 5.41) is 2.60. The number of aromatic nitrogens is 1. The van der Waals surface area contributed by atoms with Gasteiger partial charge in [-0.15, -0.1) is 0 Å². The molecule has 1 aromatic rings. The average molecular weight is 276 g/mol. The molecule has 1 fully saturated rings. The molecule has 20 heavy (non-hydrogen) atoms. The topological polar surface area (TPSA) is 88.3 Å². The summed E-state index contributed by atoms with van der Waals surface area (Å²) in [4.78, 5) is 29.5. The van der Waals surface area contributed by atoms with Gasteiger partial charge in [-0.05, 0) is 37.4 Å². The third kappa shape index (κ3) is 3.77. The summed E-state index contributed by atoms with van der Waals surface area (Å²) in [6.45, 7) is 2.14. The highest BCUT2D eigenvalue weighted by Crippen LogP contribution is 2.15. The van der Waals surface area contributed by atoms with Crippen molar-refractivity contribution in [3.63, 3.8) is 0 Å². The largest absolute Gasteiger partial charge is 0.342 e. The molecular formula is C14H20N4O2. The van der Waals surface area contributed by atoms with Crippen molar-refractivity contribution in [2.75, 3.05) is 26.2 Å². The molecule has 6 nitrogen and oxygen atoms in total. The minimum Gasteiger partial charge on any atom is -0.342 e. The van der Waals surface area contributed by atoms with Crippen molar-refractivity contribution in [1.82, 2.24) is 15.2 Å².